The molecule has 0 bridgehead atoms. The second-order valence-corrected chi connectivity index (χ2v) is 5.76. The van der Waals surface area contributed by atoms with E-state index in [1.54, 1.807) is 0 Å². The van der Waals surface area contributed by atoms with Crippen molar-refractivity contribution in [3.63, 3.8) is 0 Å². The Morgan fingerprint density at radius 2 is 1.91 bits per heavy atom. The highest BCUT2D eigenvalue weighted by Crippen LogP contribution is 2.25. The van der Waals surface area contributed by atoms with E-state index in [0.717, 1.165) is 41.4 Å². The molecule has 3 aromatic rings. The number of unbranched alkanes of at least 4 members (excludes halogenated alkanes) is 3. The molecule has 0 unspecified atom stereocenters. The molecule has 0 saturated heterocycles. The van der Waals surface area contributed by atoms with Crippen LogP contribution in [0.25, 0.3) is 16.9 Å². The molecule has 2 N–H and O–H groups in total. The van der Waals surface area contributed by atoms with Gasteiger partial charge in [-0.3, -0.25) is 0 Å². The Bertz CT molecular complexity index is 762. The number of nitrogens with two attached hydrogens (primary N) is 1. The van der Waals surface area contributed by atoms with Gasteiger partial charge in [0.15, 0.2) is 11.4 Å². The number of hydrogen-bond acceptors (Lipinski definition) is 3. The minimum atomic E-state index is 0.740. The van der Waals surface area contributed by atoms with Crippen molar-refractivity contribution < 1.29 is 4.74 Å². The number of imidazole rings is 1. The number of ether oxygens (including phenoxy) is 1. The van der Waals surface area contributed by atoms with Crippen LogP contribution in [0.5, 0.6) is 5.75 Å². The highest BCUT2D eigenvalue weighted by Gasteiger charge is 2.08. The monoisotopic (exact) mass is 309 g/mol. The average molecular weight is 309 g/mol. The molecule has 4 heteroatoms. The molecule has 0 fully saturated rings. The quantitative estimate of drug-likeness (QED) is 0.515. The number of rotatable bonds is 7. The second-order valence-electron chi connectivity index (χ2n) is 5.76. The van der Waals surface area contributed by atoms with Crippen LogP contribution in [0.3, 0.4) is 0 Å². The van der Waals surface area contributed by atoms with Crippen molar-refractivity contribution in [1.29, 1.82) is 0 Å². The minimum Gasteiger partial charge on any atom is -0.490 e. The number of nitrogens with zero attached hydrogens (tertiary/aromatic N) is 2. The van der Waals surface area contributed by atoms with Gasteiger partial charge in [-0.15, -0.1) is 0 Å². The van der Waals surface area contributed by atoms with Crippen LogP contribution in [0.2, 0.25) is 0 Å². The predicted molar refractivity (Wildman–Crippen MR) is 94.7 cm³/mol. The molecule has 0 aliphatic heterocycles. The fourth-order valence-corrected chi connectivity index (χ4v) is 2.60. The first kappa shape index (κ1) is 15.4. The first-order chi connectivity index (χ1) is 11.3. The van der Waals surface area contributed by atoms with Crippen molar-refractivity contribution in [2.75, 3.05) is 12.3 Å². The van der Waals surface area contributed by atoms with Gasteiger partial charge >= 0.3 is 0 Å². The van der Waals surface area contributed by atoms with Crippen LogP contribution in [0.1, 0.15) is 32.6 Å². The van der Waals surface area contributed by atoms with Gasteiger partial charge in [0.25, 0.3) is 0 Å². The van der Waals surface area contributed by atoms with Gasteiger partial charge in [0, 0.05) is 23.6 Å². The topological polar surface area (TPSA) is 52.5 Å². The summed E-state index contributed by atoms with van der Waals surface area (Å²) in [5, 5.41) is 0. The molecular weight excluding hydrogens is 286 g/mol. The summed E-state index contributed by atoms with van der Waals surface area (Å²) in [6, 6.07) is 11.7. The van der Waals surface area contributed by atoms with Crippen molar-refractivity contribution in [3.8, 4) is 17.0 Å². The van der Waals surface area contributed by atoms with E-state index in [4.69, 9.17) is 15.5 Å². The van der Waals surface area contributed by atoms with E-state index in [1.807, 2.05) is 53.2 Å². The lowest BCUT2D eigenvalue weighted by atomic mass is 10.1. The van der Waals surface area contributed by atoms with Crippen molar-refractivity contribution in [2.45, 2.75) is 32.6 Å². The first-order valence-electron chi connectivity index (χ1n) is 8.24. The summed E-state index contributed by atoms with van der Waals surface area (Å²) in [4.78, 5) is 4.72. The molecule has 23 heavy (non-hydrogen) atoms. The van der Waals surface area contributed by atoms with E-state index in [-0.39, 0.29) is 0 Å². The van der Waals surface area contributed by atoms with Gasteiger partial charge in [0.2, 0.25) is 0 Å². The smallest absolute Gasteiger partial charge is 0.180 e. The number of hydrogen-bond donors (Lipinski definition) is 1. The van der Waals surface area contributed by atoms with Crippen LogP contribution in [-0.2, 0) is 0 Å². The third kappa shape index (κ3) is 3.65. The summed E-state index contributed by atoms with van der Waals surface area (Å²) >= 11 is 0. The second kappa shape index (κ2) is 7.18. The molecule has 120 valence electrons. The van der Waals surface area contributed by atoms with Gasteiger partial charge in [-0.05, 0) is 30.7 Å². The molecule has 1 aromatic carbocycles. The van der Waals surface area contributed by atoms with Gasteiger partial charge in [0.05, 0.1) is 12.3 Å². The Balaban J connectivity index is 1.79. The van der Waals surface area contributed by atoms with E-state index in [9.17, 15) is 0 Å². The van der Waals surface area contributed by atoms with Crippen LogP contribution in [0.4, 0.5) is 5.69 Å². The lowest BCUT2D eigenvalue weighted by Gasteiger charge is -2.06. The summed E-state index contributed by atoms with van der Waals surface area (Å²) in [5.41, 5.74) is 9.34. The largest absolute Gasteiger partial charge is 0.490 e. The third-order valence-corrected chi connectivity index (χ3v) is 3.91. The van der Waals surface area contributed by atoms with Crippen molar-refractivity contribution >= 4 is 11.3 Å². The molecule has 0 saturated carbocycles. The zero-order valence-corrected chi connectivity index (χ0v) is 13.5. The van der Waals surface area contributed by atoms with Gasteiger partial charge in [-0.1, -0.05) is 38.3 Å². The highest BCUT2D eigenvalue weighted by atomic mass is 16.5. The maximum Gasteiger partial charge on any atom is 0.180 e. The molecule has 0 atom stereocenters. The van der Waals surface area contributed by atoms with Gasteiger partial charge < -0.3 is 14.9 Å². The van der Waals surface area contributed by atoms with Crippen molar-refractivity contribution in [2.24, 2.45) is 0 Å². The molecule has 0 aliphatic carbocycles. The summed E-state index contributed by atoms with van der Waals surface area (Å²) in [5.74, 6) is 0.839. The lowest BCUT2D eigenvalue weighted by molar-refractivity contribution is 0.307. The number of fused-ring (bicyclic) bond motifs is 1. The Hall–Kier alpha value is -2.49. The minimum absolute atomic E-state index is 0.740. The molecular formula is C19H23N3O. The molecule has 3 rings (SSSR count). The van der Waals surface area contributed by atoms with Crippen molar-refractivity contribution in [3.05, 3.63) is 48.8 Å². The summed E-state index contributed by atoms with van der Waals surface area (Å²) in [6.07, 6.45) is 8.81. The average Bonchev–Trinajstić information content (AvgIpc) is 3.00. The molecule has 0 radical (unpaired) electrons. The number of nitrogen functional groups attached to an aromatic ring is 1. The van der Waals surface area contributed by atoms with E-state index in [2.05, 4.69) is 6.92 Å². The lowest BCUT2D eigenvalue weighted by Crippen LogP contribution is -1.99. The van der Waals surface area contributed by atoms with Crippen LogP contribution in [0, 0.1) is 0 Å². The number of pyridine rings is 1. The molecule has 4 nitrogen and oxygen atoms in total. The molecule has 2 aromatic heterocycles. The zero-order valence-electron chi connectivity index (χ0n) is 13.5. The molecule has 0 aliphatic rings. The van der Waals surface area contributed by atoms with E-state index >= 15 is 0 Å². The normalized spacial score (nSPS) is 11.0. The maximum absolute atomic E-state index is 5.93. The summed E-state index contributed by atoms with van der Waals surface area (Å²) in [7, 11) is 0. The van der Waals surface area contributed by atoms with E-state index in [1.165, 1.54) is 19.3 Å². The van der Waals surface area contributed by atoms with Crippen LogP contribution < -0.4 is 10.5 Å². The number of anilines is 1. The fourth-order valence-electron chi connectivity index (χ4n) is 2.60. The number of aromatic nitrogens is 2. The fraction of sp³-hybridized carbons (Fsp3) is 0.316. The number of benzene rings is 1. The Morgan fingerprint density at radius 3 is 2.70 bits per heavy atom. The van der Waals surface area contributed by atoms with Gasteiger partial charge in [-0.25, -0.2) is 4.98 Å². The van der Waals surface area contributed by atoms with Crippen LogP contribution in [-0.4, -0.2) is 16.0 Å². The van der Waals surface area contributed by atoms with Crippen LogP contribution in [0.15, 0.2) is 48.8 Å². The van der Waals surface area contributed by atoms with Crippen LogP contribution >= 0.6 is 0 Å². The van der Waals surface area contributed by atoms with E-state index < -0.39 is 0 Å². The maximum atomic E-state index is 5.93. The first-order valence-corrected chi connectivity index (χ1v) is 8.24. The van der Waals surface area contributed by atoms with E-state index in [0.29, 0.717) is 0 Å². The standard InChI is InChI=1S/C19H23N3O/c1-2-3-4-5-13-23-18-7-6-12-22-14-17(21-19(18)22)15-8-10-16(20)11-9-15/h6-12,14H,2-5,13,20H2,1H3. The molecule has 0 spiro atoms. The highest BCUT2D eigenvalue weighted by molar-refractivity contribution is 5.67. The molecule has 0 amide bonds. The zero-order chi connectivity index (χ0) is 16.1. The van der Waals surface area contributed by atoms with Gasteiger partial charge in [0.1, 0.15) is 0 Å². The summed E-state index contributed by atoms with van der Waals surface area (Å²) < 4.78 is 7.94. The Labute approximate surface area is 136 Å². The SMILES string of the molecule is CCCCCCOc1cccn2cc(-c3ccc(N)cc3)nc12. The molecule has 2 heterocycles. The predicted octanol–water partition coefficient (Wildman–Crippen LogP) is 4.54. The van der Waals surface area contributed by atoms with Gasteiger partial charge in [-0.2, -0.15) is 0 Å². The third-order valence-electron chi connectivity index (χ3n) is 3.91. The van der Waals surface area contributed by atoms with Crippen molar-refractivity contribution in [1.82, 2.24) is 9.38 Å². The summed E-state index contributed by atoms with van der Waals surface area (Å²) in [6.45, 7) is 2.95. The Morgan fingerprint density at radius 1 is 1.09 bits per heavy atom. The Kier molecular flexibility index (Phi) is 4.81.